The summed E-state index contributed by atoms with van der Waals surface area (Å²) in [4.78, 5) is 12.2. The van der Waals surface area contributed by atoms with E-state index in [0.29, 0.717) is 17.2 Å². The molecule has 0 radical (unpaired) electrons. The molecule has 0 saturated carbocycles. The standard InChI is InChI=1S/C14H21N5O2/c1-8(2)19-13(20)12(9(3)17-19)16-15-11-7-10(21-18-11)14(4,5)6/h7-8,17H,1-6H3. The Bertz CT molecular complexity index is 713. The van der Waals surface area contributed by atoms with Crippen LogP contribution in [0.4, 0.5) is 11.5 Å². The highest BCUT2D eigenvalue weighted by molar-refractivity contribution is 5.39. The molecule has 0 aliphatic rings. The highest BCUT2D eigenvalue weighted by atomic mass is 16.5. The third kappa shape index (κ3) is 3.12. The average molecular weight is 291 g/mol. The number of aromatic nitrogens is 3. The number of hydrogen-bond acceptors (Lipinski definition) is 5. The van der Waals surface area contributed by atoms with Crippen LogP contribution in [0, 0.1) is 6.92 Å². The quantitative estimate of drug-likeness (QED) is 0.873. The van der Waals surface area contributed by atoms with Crippen molar-refractivity contribution < 1.29 is 4.52 Å². The fourth-order valence-corrected chi connectivity index (χ4v) is 1.81. The van der Waals surface area contributed by atoms with Crippen LogP contribution in [0.3, 0.4) is 0 Å². The van der Waals surface area contributed by atoms with Gasteiger partial charge in [-0.1, -0.05) is 25.9 Å². The summed E-state index contributed by atoms with van der Waals surface area (Å²) in [6.45, 7) is 11.7. The first-order valence-electron chi connectivity index (χ1n) is 6.90. The van der Waals surface area contributed by atoms with Gasteiger partial charge in [0.1, 0.15) is 5.76 Å². The van der Waals surface area contributed by atoms with Crippen LogP contribution in [0.5, 0.6) is 0 Å². The minimum Gasteiger partial charge on any atom is -0.359 e. The smallest absolute Gasteiger partial charge is 0.294 e. The zero-order valence-corrected chi connectivity index (χ0v) is 13.3. The Morgan fingerprint density at radius 1 is 1.33 bits per heavy atom. The van der Waals surface area contributed by atoms with Crippen LogP contribution in [-0.2, 0) is 5.41 Å². The summed E-state index contributed by atoms with van der Waals surface area (Å²) in [5, 5.41) is 14.8. The average Bonchev–Trinajstić information content (AvgIpc) is 2.93. The number of aromatic amines is 1. The molecule has 2 aromatic heterocycles. The first kappa shape index (κ1) is 15.2. The molecule has 2 rings (SSSR count). The van der Waals surface area contributed by atoms with E-state index in [9.17, 15) is 4.79 Å². The first-order chi connectivity index (χ1) is 9.70. The molecule has 0 aliphatic carbocycles. The molecule has 0 spiro atoms. The van der Waals surface area contributed by atoms with Crippen molar-refractivity contribution >= 4 is 11.5 Å². The minimum absolute atomic E-state index is 0.0414. The van der Waals surface area contributed by atoms with Gasteiger partial charge in [0.25, 0.3) is 5.56 Å². The van der Waals surface area contributed by atoms with Crippen LogP contribution >= 0.6 is 0 Å². The Morgan fingerprint density at radius 2 is 2.00 bits per heavy atom. The van der Waals surface area contributed by atoms with E-state index in [1.807, 2.05) is 34.6 Å². The summed E-state index contributed by atoms with van der Waals surface area (Å²) in [5.74, 6) is 1.08. The van der Waals surface area contributed by atoms with Gasteiger partial charge in [0.05, 0.1) is 5.69 Å². The number of nitrogens with one attached hydrogen (secondary N) is 1. The van der Waals surface area contributed by atoms with Gasteiger partial charge >= 0.3 is 0 Å². The highest BCUT2D eigenvalue weighted by Crippen LogP contribution is 2.26. The predicted molar refractivity (Wildman–Crippen MR) is 79.6 cm³/mol. The fraction of sp³-hybridized carbons (Fsp3) is 0.571. The van der Waals surface area contributed by atoms with Crippen LogP contribution in [-0.4, -0.2) is 14.9 Å². The van der Waals surface area contributed by atoms with Gasteiger partial charge in [0.15, 0.2) is 5.69 Å². The third-order valence-corrected chi connectivity index (χ3v) is 3.07. The van der Waals surface area contributed by atoms with E-state index >= 15 is 0 Å². The topological polar surface area (TPSA) is 88.5 Å². The molecule has 0 aliphatic heterocycles. The van der Waals surface area contributed by atoms with Gasteiger partial charge in [0.2, 0.25) is 5.82 Å². The highest BCUT2D eigenvalue weighted by Gasteiger charge is 2.20. The normalized spacial score (nSPS) is 12.7. The zero-order valence-electron chi connectivity index (χ0n) is 13.3. The van der Waals surface area contributed by atoms with Gasteiger partial charge in [-0.2, -0.15) is 0 Å². The molecule has 0 amide bonds. The molecule has 0 aromatic carbocycles. The summed E-state index contributed by atoms with van der Waals surface area (Å²) >= 11 is 0. The predicted octanol–water partition coefficient (Wildman–Crippen LogP) is 3.77. The largest absolute Gasteiger partial charge is 0.359 e. The number of hydrogen-bond donors (Lipinski definition) is 1. The second kappa shape index (κ2) is 5.31. The van der Waals surface area contributed by atoms with Crippen molar-refractivity contribution in [3.05, 3.63) is 27.9 Å². The van der Waals surface area contributed by atoms with E-state index in [1.165, 1.54) is 4.68 Å². The molecule has 0 bridgehead atoms. The maximum Gasteiger partial charge on any atom is 0.294 e. The summed E-state index contributed by atoms with van der Waals surface area (Å²) < 4.78 is 6.75. The molecule has 1 N–H and O–H groups in total. The minimum atomic E-state index is -0.189. The molecule has 0 saturated heterocycles. The molecule has 0 atom stereocenters. The first-order valence-corrected chi connectivity index (χ1v) is 6.90. The Morgan fingerprint density at radius 3 is 2.48 bits per heavy atom. The van der Waals surface area contributed by atoms with Crippen molar-refractivity contribution in [2.75, 3.05) is 0 Å². The van der Waals surface area contributed by atoms with Crippen molar-refractivity contribution in [2.45, 2.75) is 53.0 Å². The SMILES string of the molecule is Cc1[nH]n(C(C)C)c(=O)c1N=Nc1cc(C(C)(C)C)on1. The van der Waals surface area contributed by atoms with Crippen LogP contribution in [0.25, 0.3) is 0 Å². The van der Waals surface area contributed by atoms with Crippen LogP contribution < -0.4 is 5.56 Å². The number of rotatable bonds is 3. The van der Waals surface area contributed by atoms with Crippen molar-refractivity contribution in [2.24, 2.45) is 10.2 Å². The maximum atomic E-state index is 12.2. The lowest BCUT2D eigenvalue weighted by molar-refractivity contribution is 0.330. The van der Waals surface area contributed by atoms with Gasteiger partial charge in [-0.25, -0.2) is 4.68 Å². The molecule has 114 valence electrons. The van der Waals surface area contributed by atoms with Gasteiger partial charge in [-0.3, -0.25) is 9.89 Å². The van der Waals surface area contributed by atoms with Crippen molar-refractivity contribution in [3.63, 3.8) is 0 Å². The Hall–Kier alpha value is -2.18. The fourth-order valence-electron chi connectivity index (χ4n) is 1.81. The molecule has 7 nitrogen and oxygen atoms in total. The van der Waals surface area contributed by atoms with E-state index in [0.717, 1.165) is 5.76 Å². The van der Waals surface area contributed by atoms with Crippen LogP contribution in [0.2, 0.25) is 0 Å². The van der Waals surface area contributed by atoms with Crippen molar-refractivity contribution in [1.29, 1.82) is 0 Å². The number of azo groups is 1. The lowest BCUT2D eigenvalue weighted by Gasteiger charge is -2.11. The van der Waals surface area contributed by atoms with Crippen LogP contribution in [0.1, 0.15) is 52.1 Å². The second-order valence-electron chi connectivity index (χ2n) is 6.35. The van der Waals surface area contributed by atoms with Gasteiger partial charge in [-0.05, 0) is 20.8 Å². The zero-order chi connectivity index (χ0) is 15.8. The third-order valence-electron chi connectivity index (χ3n) is 3.07. The molecule has 0 unspecified atom stereocenters. The molecular weight excluding hydrogens is 270 g/mol. The van der Waals surface area contributed by atoms with E-state index < -0.39 is 0 Å². The van der Waals surface area contributed by atoms with Gasteiger partial charge in [-0.15, -0.1) is 10.2 Å². The summed E-state index contributed by atoms with van der Waals surface area (Å²) in [6.07, 6.45) is 0. The van der Waals surface area contributed by atoms with Crippen molar-refractivity contribution in [1.82, 2.24) is 14.9 Å². The lowest BCUT2D eigenvalue weighted by atomic mass is 9.93. The van der Waals surface area contributed by atoms with E-state index in [2.05, 4.69) is 20.5 Å². The number of nitrogens with zero attached hydrogens (tertiary/aromatic N) is 4. The molecule has 7 heteroatoms. The van der Waals surface area contributed by atoms with E-state index in [1.54, 1.807) is 13.0 Å². The van der Waals surface area contributed by atoms with E-state index in [-0.39, 0.29) is 17.0 Å². The summed E-state index contributed by atoms with van der Waals surface area (Å²) in [5.41, 5.74) is 0.640. The Kier molecular flexibility index (Phi) is 3.85. The number of aryl methyl sites for hydroxylation is 1. The molecule has 0 fully saturated rings. The monoisotopic (exact) mass is 291 g/mol. The van der Waals surface area contributed by atoms with Gasteiger partial charge in [0, 0.05) is 17.5 Å². The molecular formula is C14H21N5O2. The Balaban J connectivity index is 2.30. The lowest BCUT2D eigenvalue weighted by Crippen LogP contribution is -2.18. The molecule has 2 aromatic rings. The summed E-state index contributed by atoms with van der Waals surface area (Å²) in [6, 6.07) is 1.77. The van der Waals surface area contributed by atoms with Crippen LogP contribution in [0.15, 0.2) is 25.6 Å². The summed E-state index contributed by atoms with van der Waals surface area (Å²) in [7, 11) is 0. The maximum absolute atomic E-state index is 12.2. The molecule has 2 heterocycles. The number of H-pyrrole nitrogens is 1. The van der Waals surface area contributed by atoms with E-state index in [4.69, 9.17) is 4.52 Å². The Labute approximate surface area is 123 Å². The van der Waals surface area contributed by atoms with Crippen molar-refractivity contribution in [3.8, 4) is 0 Å². The second-order valence-corrected chi connectivity index (χ2v) is 6.35. The molecule has 21 heavy (non-hydrogen) atoms. The van der Waals surface area contributed by atoms with Gasteiger partial charge < -0.3 is 4.52 Å².